The van der Waals surface area contributed by atoms with E-state index in [-0.39, 0.29) is 42.7 Å². The Labute approximate surface area is 272 Å². The number of carboxylic acid groups (broad SMARTS) is 1. The molecule has 47 heavy (non-hydrogen) atoms. The second-order valence-electron chi connectivity index (χ2n) is 12.6. The van der Waals surface area contributed by atoms with Gasteiger partial charge in [-0.25, -0.2) is 22.9 Å². The van der Waals surface area contributed by atoms with Crippen LogP contribution in [0.1, 0.15) is 48.1 Å². The molecule has 2 saturated carbocycles. The van der Waals surface area contributed by atoms with Crippen molar-refractivity contribution in [2.45, 2.75) is 69.2 Å². The van der Waals surface area contributed by atoms with Crippen molar-refractivity contribution < 1.29 is 37.3 Å². The fourth-order valence-corrected chi connectivity index (χ4v) is 7.08. The van der Waals surface area contributed by atoms with Crippen LogP contribution in [-0.2, 0) is 23.6 Å². The Morgan fingerprint density at radius 1 is 1.15 bits per heavy atom. The number of nitrogens with zero attached hydrogens (tertiary/aromatic N) is 5. The molecule has 10 nitrogen and oxygen atoms in total. The number of piperazine rings is 1. The number of fused-ring (bicyclic) bond motifs is 3. The number of carbonyl (C=O) groups is 1. The van der Waals surface area contributed by atoms with Gasteiger partial charge >= 0.3 is 5.97 Å². The molecule has 0 bridgehead atoms. The molecule has 0 amide bonds. The summed E-state index contributed by atoms with van der Waals surface area (Å²) in [5.74, 6) is -4.16. The first-order valence-electron chi connectivity index (χ1n) is 15.6. The van der Waals surface area contributed by atoms with Crippen molar-refractivity contribution in [3.05, 3.63) is 76.6 Å². The van der Waals surface area contributed by atoms with Gasteiger partial charge in [0.05, 0.1) is 34.9 Å². The predicted molar refractivity (Wildman–Crippen MR) is 165 cm³/mol. The second kappa shape index (κ2) is 11.0. The molecule has 4 aliphatic rings. The molecule has 1 saturated heterocycles. The van der Waals surface area contributed by atoms with Crippen molar-refractivity contribution in [2.24, 2.45) is 0 Å². The number of carboxylic acids is 1. The molecule has 2 aromatic carbocycles. The number of alkyl halides is 2. The molecule has 1 unspecified atom stereocenters. The van der Waals surface area contributed by atoms with E-state index < -0.39 is 29.6 Å². The molecule has 4 aromatic rings. The maximum absolute atomic E-state index is 15.1. The third-order valence-corrected chi connectivity index (χ3v) is 9.87. The third-order valence-electron chi connectivity index (χ3n) is 9.64. The lowest BCUT2D eigenvalue weighted by Crippen LogP contribution is -2.64. The maximum atomic E-state index is 15.1. The van der Waals surface area contributed by atoms with Crippen molar-refractivity contribution >= 4 is 34.3 Å². The first-order valence-corrected chi connectivity index (χ1v) is 15.9. The highest BCUT2D eigenvalue weighted by Gasteiger charge is 2.58. The minimum absolute atomic E-state index is 0.0386. The molecule has 2 aliphatic carbocycles. The molecule has 8 rings (SSSR count). The number of imidazole rings is 1. The van der Waals surface area contributed by atoms with E-state index in [1.165, 1.54) is 6.07 Å². The van der Waals surface area contributed by atoms with E-state index >= 15 is 4.39 Å². The quantitative estimate of drug-likeness (QED) is 0.235. The Morgan fingerprint density at radius 2 is 1.96 bits per heavy atom. The van der Waals surface area contributed by atoms with Crippen molar-refractivity contribution in [3.8, 4) is 11.5 Å². The monoisotopic (exact) mass is 669 g/mol. The number of anilines is 1. The topological polar surface area (TPSA) is 102 Å². The van der Waals surface area contributed by atoms with E-state index in [0.29, 0.717) is 53.2 Å². The fraction of sp³-hybridized carbons (Fsp3) is 0.424. The van der Waals surface area contributed by atoms with Crippen LogP contribution in [0.25, 0.3) is 11.0 Å². The summed E-state index contributed by atoms with van der Waals surface area (Å²) in [4.78, 5) is 25.4. The SMILES string of the molecule is C[C@]1(c2ccc(Cl)cn2)Oc2cccc(N3CCN(Cc4nc5c(F)cc(C(=O)O)cc5n4CCOC4CC4(F)F)[C@H]4CC[C@@H]43)c2O1. The number of aromatic carboxylic acids is 1. The molecule has 4 atom stereocenters. The van der Waals surface area contributed by atoms with Gasteiger partial charge in [-0.3, -0.25) is 9.88 Å². The fourth-order valence-electron chi connectivity index (χ4n) is 6.97. The normalized spacial score (nSPS) is 25.9. The van der Waals surface area contributed by atoms with Crippen LogP contribution in [0.4, 0.5) is 18.9 Å². The van der Waals surface area contributed by atoms with Gasteiger partial charge in [0.1, 0.15) is 23.1 Å². The van der Waals surface area contributed by atoms with E-state index in [9.17, 15) is 18.7 Å². The summed E-state index contributed by atoms with van der Waals surface area (Å²) in [5, 5.41) is 10.1. The Kier molecular flexibility index (Phi) is 7.08. The third kappa shape index (κ3) is 5.24. The Hall–Kier alpha value is -4.07. The zero-order valence-corrected chi connectivity index (χ0v) is 26.1. The number of rotatable bonds is 9. The molecule has 2 aliphatic heterocycles. The van der Waals surface area contributed by atoms with E-state index in [0.717, 1.165) is 24.6 Å². The number of hydrogen-bond donors (Lipinski definition) is 1. The van der Waals surface area contributed by atoms with Crippen LogP contribution >= 0.6 is 11.6 Å². The summed E-state index contributed by atoms with van der Waals surface area (Å²) in [7, 11) is 0. The van der Waals surface area contributed by atoms with Gasteiger partial charge in [-0.2, -0.15) is 0 Å². The summed E-state index contributed by atoms with van der Waals surface area (Å²) in [6, 6.07) is 12.0. The van der Waals surface area contributed by atoms with Crippen molar-refractivity contribution in [1.82, 2.24) is 19.4 Å². The first-order chi connectivity index (χ1) is 22.5. The van der Waals surface area contributed by atoms with Crippen molar-refractivity contribution in [3.63, 3.8) is 0 Å². The number of aromatic nitrogens is 3. The van der Waals surface area contributed by atoms with Crippen LogP contribution in [-0.4, -0.2) is 74.3 Å². The Morgan fingerprint density at radius 3 is 2.66 bits per heavy atom. The average Bonchev–Trinajstić information content (AvgIpc) is 3.28. The highest BCUT2D eigenvalue weighted by atomic mass is 35.5. The highest BCUT2D eigenvalue weighted by Crippen LogP contribution is 2.51. The van der Waals surface area contributed by atoms with E-state index in [1.807, 2.05) is 25.1 Å². The second-order valence-corrected chi connectivity index (χ2v) is 13.1. The van der Waals surface area contributed by atoms with Gasteiger partial charge in [0.25, 0.3) is 11.7 Å². The van der Waals surface area contributed by atoms with E-state index in [4.69, 9.17) is 25.8 Å². The molecule has 246 valence electrons. The van der Waals surface area contributed by atoms with Crippen molar-refractivity contribution in [1.29, 1.82) is 0 Å². The van der Waals surface area contributed by atoms with Crippen molar-refractivity contribution in [2.75, 3.05) is 24.6 Å². The van der Waals surface area contributed by atoms with Crippen LogP contribution in [0, 0.1) is 5.82 Å². The molecule has 14 heteroatoms. The van der Waals surface area contributed by atoms with Crippen LogP contribution in [0.15, 0.2) is 48.7 Å². The van der Waals surface area contributed by atoms with Gasteiger partial charge in [-0.1, -0.05) is 17.7 Å². The Bertz CT molecular complexity index is 1890. The number of pyridine rings is 1. The summed E-state index contributed by atoms with van der Waals surface area (Å²) in [6.07, 6.45) is 2.00. The average molecular weight is 670 g/mol. The lowest BCUT2D eigenvalue weighted by Gasteiger charge is -2.54. The zero-order valence-electron chi connectivity index (χ0n) is 25.3. The lowest BCUT2D eigenvalue weighted by molar-refractivity contribution is -0.0717. The number of para-hydroxylation sites is 1. The zero-order chi connectivity index (χ0) is 32.7. The van der Waals surface area contributed by atoms with Crippen LogP contribution in [0.5, 0.6) is 11.5 Å². The standard InChI is InChI=1S/C33H31ClF3N5O5/c1-32(26-8-5-19(34)16-38-26)46-25-4-2-3-23(30(25)47-32)41-10-9-40(21-6-7-22(21)41)17-28-39-29-20(35)13-18(31(43)44)14-24(29)42(28)11-12-45-27-15-33(27,36)37/h2-5,8,13-14,16,21-22,27H,6-7,9-12,15,17H2,1H3,(H,43,44)/t21-,22-,27?,32-/m0/s1. The minimum Gasteiger partial charge on any atom is -0.478 e. The van der Waals surface area contributed by atoms with Gasteiger partial charge in [-0.05, 0) is 49.2 Å². The summed E-state index contributed by atoms with van der Waals surface area (Å²) in [6.45, 7) is 3.63. The number of benzene rings is 2. The van der Waals surface area contributed by atoms with Crippen LogP contribution in [0.3, 0.4) is 0 Å². The number of halogens is 4. The molecule has 4 heterocycles. The Balaban J connectivity index is 1.04. The summed E-state index contributed by atoms with van der Waals surface area (Å²) < 4.78 is 61.8. The molecule has 1 N–H and O–H groups in total. The molecular formula is C33H31ClF3N5O5. The predicted octanol–water partition coefficient (Wildman–Crippen LogP) is 5.84. The number of ether oxygens (including phenoxy) is 3. The smallest absolute Gasteiger partial charge is 0.335 e. The van der Waals surface area contributed by atoms with Gasteiger partial charge in [0.15, 0.2) is 17.3 Å². The van der Waals surface area contributed by atoms with Gasteiger partial charge in [0, 0.05) is 51.3 Å². The molecule has 3 fully saturated rings. The molecule has 0 radical (unpaired) electrons. The van der Waals surface area contributed by atoms with Gasteiger partial charge in [-0.15, -0.1) is 0 Å². The van der Waals surface area contributed by atoms with Gasteiger partial charge in [0.2, 0.25) is 0 Å². The molecule has 0 spiro atoms. The molecule has 2 aromatic heterocycles. The lowest BCUT2D eigenvalue weighted by atomic mass is 9.81. The minimum atomic E-state index is -2.83. The van der Waals surface area contributed by atoms with Crippen LogP contribution in [0.2, 0.25) is 5.02 Å². The highest BCUT2D eigenvalue weighted by molar-refractivity contribution is 6.30. The number of hydrogen-bond acceptors (Lipinski definition) is 8. The largest absolute Gasteiger partial charge is 0.478 e. The summed E-state index contributed by atoms with van der Waals surface area (Å²) >= 11 is 6.05. The van der Waals surface area contributed by atoms with E-state index in [1.54, 1.807) is 22.9 Å². The molecular weight excluding hydrogens is 639 g/mol. The van der Waals surface area contributed by atoms with Crippen LogP contribution < -0.4 is 14.4 Å². The van der Waals surface area contributed by atoms with Gasteiger partial charge < -0.3 is 28.8 Å². The van der Waals surface area contributed by atoms with E-state index in [2.05, 4.69) is 19.8 Å². The first kappa shape index (κ1) is 30.3. The summed E-state index contributed by atoms with van der Waals surface area (Å²) in [5.41, 5.74) is 1.65. The maximum Gasteiger partial charge on any atom is 0.335 e.